The van der Waals surface area contributed by atoms with Crippen LogP contribution in [0.1, 0.15) is 19.4 Å². The van der Waals surface area contributed by atoms with E-state index in [9.17, 15) is 4.79 Å². The van der Waals surface area contributed by atoms with Crippen LogP contribution in [0.25, 0.3) is 0 Å². The molecule has 0 atom stereocenters. The van der Waals surface area contributed by atoms with E-state index in [1.807, 2.05) is 26.0 Å². The standard InChI is InChI=1S/C15H22N2O2/c1-11(2)19-14-5-3-12(4-6-14)7-8-17-15(18)13-9-16-10-13/h3-6,11,13,16H,7-10H2,1-2H3,(H,17,18). The molecule has 0 aromatic heterocycles. The van der Waals surface area contributed by atoms with Crippen molar-refractivity contribution < 1.29 is 9.53 Å². The van der Waals surface area contributed by atoms with E-state index in [2.05, 4.69) is 22.8 Å². The molecule has 1 aromatic carbocycles. The van der Waals surface area contributed by atoms with Gasteiger partial charge in [0.25, 0.3) is 0 Å². The van der Waals surface area contributed by atoms with Crippen LogP contribution in [-0.2, 0) is 11.2 Å². The Kier molecular flexibility index (Phi) is 4.80. The summed E-state index contributed by atoms with van der Waals surface area (Å²) in [5.74, 6) is 1.23. The van der Waals surface area contributed by atoms with Crippen LogP contribution in [0.4, 0.5) is 0 Å². The molecule has 0 unspecified atom stereocenters. The third-order valence-corrected chi connectivity index (χ3v) is 3.16. The van der Waals surface area contributed by atoms with Crippen LogP contribution in [-0.4, -0.2) is 31.6 Å². The van der Waals surface area contributed by atoms with Crippen molar-refractivity contribution in [2.75, 3.05) is 19.6 Å². The van der Waals surface area contributed by atoms with Gasteiger partial charge in [0.15, 0.2) is 0 Å². The second-order valence-electron chi connectivity index (χ2n) is 5.21. The molecule has 1 aliphatic heterocycles. The van der Waals surface area contributed by atoms with Gasteiger partial charge in [-0.05, 0) is 38.0 Å². The summed E-state index contributed by atoms with van der Waals surface area (Å²) in [7, 11) is 0. The molecule has 1 saturated heterocycles. The summed E-state index contributed by atoms with van der Waals surface area (Å²) >= 11 is 0. The number of hydrogen-bond donors (Lipinski definition) is 2. The first-order chi connectivity index (χ1) is 9.15. The van der Waals surface area contributed by atoms with Crippen LogP contribution in [0, 0.1) is 5.92 Å². The van der Waals surface area contributed by atoms with Gasteiger partial charge in [-0.1, -0.05) is 12.1 Å². The van der Waals surface area contributed by atoms with Crippen LogP contribution in [0.5, 0.6) is 5.75 Å². The van der Waals surface area contributed by atoms with Crippen molar-refractivity contribution in [3.05, 3.63) is 29.8 Å². The summed E-state index contributed by atoms with van der Waals surface area (Å²) in [6.45, 7) is 6.34. The SMILES string of the molecule is CC(C)Oc1ccc(CCNC(=O)C2CNC2)cc1. The molecule has 104 valence electrons. The Labute approximate surface area is 114 Å². The number of carbonyl (C=O) groups excluding carboxylic acids is 1. The molecule has 0 saturated carbocycles. The van der Waals surface area contributed by atoms with Crippen molar-refractivity contribution >= 4 is 5.91 Å². The molecule has 1 aromatic rings. The van der Waals surface area contributed by atoms with E-state index >= 15 is 0 Å². The monoisotopic (exact) mass is 262 g/mol. The third kappa shape index (κ3) is 4.24. The normalized spacial score (nSPS) is 15.1. The number of benzene rings is 1. The summed E-state index contributed by atoms with van der Waals surface area (Å²) in [6.07, 6.45) is 1.05. The van der Waals surface area contributed by atoms with Crippen molar-refractivity contribution in [2.45, 2.75) is 26.4 Å². The van der Waals surface area contributed by atoms with Crippen molar-refractivity contribution in [3.63, 3.8) is 0 Å². The van der Waals surface area contributed by atoms with Gasteiger partial charge in [0, 0.05) is 19.6 Å². The highest BCUT2D eigenvalue weighted by atomic mass is 16.5. The summed E-state index contributed by atoms with van der Waals surface area (Å²) in [5, 5.41) is 6.07. The summed E-state index contributed by atoms with van der Waals surface area (Å²) in [5.41, 5.74) is 1.21. The van der Waals surface area contributed by atoms with Crippen LogP contribution in [0.2, 0.25) is 0 Å². The van der Waals surface area contributed by atoms with Gasteiger partial charge in [-0.3, -0.25) is 4.79 Å². The van der Waals surface area contributed by atoms with Crippen LogP contribution in [0.15, 0.2) is 24.3 Å². The quantitative estimate of drug-likeness (QED) is 0.813. The minimum atomic E-state index is 0.165. The van der Waals surface area contributed by atoms with Crippen LogP contribution in [0.3, 0.4) is 0 Å². The average Bonchev–Trinajstić information content (AvgIpc) is 2.28. The number of nitrogens with one attached hydrogen (secondary N) is 2. The number of hydrogen-bond acceptors (Lipinski definition) is 3. The van der Waals surface area contributed by atoms with Gasteiger partial charge in [-0.25, -0.2) is 0 Å². The lowest BCUT2D eigenvalue weighted by atomic mass is 10.0. The fourth-order valence-electron chi connectivity index (χ4n) is 1.96. The molecule has 1 fully saturated rings. The summed E-state index contributed by atoms with van der Waals surface area (Å²) in [4.78, 5) is 11.6. The van der Waals surface area contributed by atoms with E-state index < -0.39 is 0 Å². The zero-order valence-corrected chi connectivity index (χ0v) is 11.6. The second-order valence-corrected chi connectivity index (χ2v) is 5.21. The largest absolute Gasteiger partial charge is 0.491 e. The highest BCUT2D eigenvalue weighted by Crippen LogP contribution is 2.14. The maximum absolute atomic E-state index is 11.6. The molecule has 1 heterocycles. The predicted molar refractivity (Wildman–Crippen MR) is 75.3 cm³/mol. The molecule has 19 heavy (non-hydrogen) atoms. The Morgan fingerprint density at radius 2 is 2.05 bits per heavy atom. The van der Waals surface area contributed by atoms with Crippen molar-refractivity contribution in [3.8, 4) is 5.75 Å². The number of ether oxygens (including phenoxy) is 1. The lowest BCUT2D eigenvalue weighted by molar-refractivity contribution is -0.126. The fourth-order valence-corrected chi connectivity index (χ4v) is 1.96. The van der Waals surface area contributed by atoms with Gasteiger partial charge < -0.3 is 15.4 Å². The Bertz CT molecular complexity index is 411. The molecule has 1 aliphatic rings. The molecule has 4 nitrogen and oxygen atoms in total. The second kappa shape index (κ2) is 6.57. The van der Waals surface area contributed by atoms with E-state index in [4.69, 9.17) is 4.74 Å². The molecule has 1 amide bonds. The van der Waals surface area contributed by atoms with Gasteiger partial charge in [0.2, 0.25) is 5.91 Å². The van der Waals surface area contributed by atoms with Gasteiger partial charge in [-0.15, -0.1) is 0 Å². The highest BCUT2D eigenvalue weighted by Gasteiger charge is 2.23. The summed E-state index contributed by atoms with van der Waals surface area (Å²) in [6, 6.07) is 8.06. The molecule has 0 spiro atoms. The summed E-state index contributed by atoms with van der Waals surface area (Å²) < 4.78 is 5.59. The molecule has 0 aliphatic carbocycles. The molecule has 4 heteroatoms. The first-order valence-corrected chi connectivity index (χ1v) is 6.89. The molecule has 0 bridgehead atoms. The van der Waals surface area contributed by atoms with E-state index in [0.717, 1.165) is 25.3 Å². The van der Waals surface area contributed by atoms with E-state index in [0.29, 0.717) is 6.54 Å². The first kappa shape index (κ1) is 13.9. The third-order valence-electron chi connectivity index (χ3n) is 3.16. The maximum Gasteiger partial charge on any atom is 0.225 e. The lowest BCUT2D eigenvalue weighted by Gasteiger charge is -2.25. The maximum atomic E-state index is 11.6. The van der Waals surface area contributed by atoms with E-state index in [1.165, 1.54) is 5.56 Å². The van der Waals surface area contributed by atoms with Crippen molar-refractivity contribution in [1.82, 2.24) is 10.6 Å². The molecule has 0 radical (unpaired) electrons. The minimum Gasteiger partial charge on any atom is -0.491 e. The van der Waals surface area contributed by atoms with Crippen molar-refractivity contribution in [1.29, 1.82) is 0 Å². The highest BCUT2D eigenvalue weighted by molar-refractivity contribution is 5.79. The molecular formula is C15H22N2O2. The zero-order chi connectivity index (χ0) is 13.7. The Morgan fingerprint density at radius 1 is 1.37 bits per heavy atom. The minimum absolute atomic E-state index is 0.165. The predicted octanol–water partition coefficient (Wildman–Crippen LogP) is 1.35. The van der Waals surface area contributed by atoms with Gasteiger partial charge in [0.05, 0.1) is 12.0 Å². The Hall–Kier alpha value is -1.55. The van der Waals surface area contributed by atoms with E-state index in [-0.39, 0.29) is 17.9 Å². The van der Waals surface area contributed by atoms with E-state index in [1.54, 1.807) is 0 Å². The van der Waals surface area contributed by atoms with Gasteiger partial charge in [0.1, 0.15) is 5.75 Å². The molecule has 2 rings (SSSR count). The topological polar surface area (TPSA) is 50.4 Å². The average molecular weight is 262 g/mol. The Morgan fingerprint density at radius 3 is 2.58 bits per heavy atom. The Balaban J connectivity index is 1.72. The first-order valence-electron chi connectivity index (χ1n) is 6.89. The zero-order valence-electron chi connectivity index (χ0n) is 11.6. The fraction of sp³-hybridized carbons (Fsp3) is 0.533. The number of rotatable bonds is 6. The van der Waals surface area contributed by atoms with Crippen molar-refractivity contribution in [2.24, 2.45) is 5.92 Å². The lowest BCUT2D eigenvalue weighted by Crippen LogP contribution is -2.51. The van der Waals surface area contributed by atoms with Crippen LogP contribution < -0.4 is 15.4 Å². The smallest absolute Gasteiger partial charge is 0.225 e. The van der Waals surface area contributed by atoms with Gasteiger partial charge in [-0.2, -0.15) is 0 Å². The molecule has 2 N–H and O–H groups in total. The van der Waals surface area contributed by atoms with Gasteiger partial charge >= 0.3 is 0 Å². The number of amides is 1. The number of carbonyl (C=O) groups is 1. The van der Waals surface area contributed by atoms with Crippen LogP contribution >= 0.6 is 0 Å². The molecular weight excluding hydrogens is 240 g/mol.